The van der Waals surface area contributed by atoms with E-state index in [1.165, 1.54) is 18.4 Å². The van der Waals surface area contributed by atoms with Crippen molar-refractivity contribution < 1.29 is 0 Å². The summed E-state index contributed by atoms with van der Waals surface area (Å²) in [5, 5.41) is 3.32. The number of aryl methyl sites for hydroxylation is 2. The largest absolute Gasteiger partial charge is 0.357 e. The zero-order valence-electron chi connectivity index (χ0n) is 8.01. The fourth-order valence-electron chi connectivity index (χ4n) is 1.30. The SMILES string of the molecule is CCNCCCc1ccn(C)c1. The predicted octanol–water partition coefficient (Wildman–Crippen LogP) is 1.57. The molecule has 1 rings (SSSR count). The quantitative estimate of drug-likeness (QED) is 0.657. The summed E-state index contributed by atoms with van der Waals surface area (Å²) in [7, 11) is 2.06. The number of hydrogen-bond donors (Lipinski definition) is 1. The van der Waals surface area contributed by atoms with Crippen molar-refractivity contribution in [1.82, 2.24) is 9.88 Å². The lowest BCUT2D eigenvalue weighted by molar-refractivity contribution is 0.672. The van der Waals surface area contributed by atoms with Gasteiger partial charge in [0.15, 0.2) is 0 Å². The third-order valence-corrected chi connectivity index (χ3v) is 1.96. The normalized spacial score (nSPS) is 10.5. The molecule has 1 N–H and O–H groups in total. The van der Waals surface area contributed by atoms with Gasteiger partial charge in [0.05, 0.1) is 0 Å². The van der Waals surface area contributed by atoms with E-state index < -0.39 is 0 Å². The molecule has 0 bridgehead atoms. The molecule has 0 aromatic carbocycles. The van der Waals surface area contributed by atoms with Crippen LogP contribution in [0.1, 0.15) is 18.9 Å². The summed E-state index contributed by atoms with van der Waals surface area (Å²) < 4.78 is 2.10. The Kier molecular flexibility index (Phi) is 3.88. The van der Waals surface area contributed by atoms with Crippen molar-refractivity contribution in [3.63, 3.8) is 0 Å². The molecule has 2 heteroatoms. The van der Waals surface area contributed by atoms with E-state index in [4.69, 9.17) is 0 Å². The lowest BCUT2D eigenvalue weighted by Crippen LogP contribution is -2.14. The van der Waals surface area contributed by atoms with Crippen molar-refractivity contribution in [2.75, 3.05) is 13.1 Å². The molecule has 2 nitrogen and oxygen atoms in total. The molecule has 0 amide bonds. The van der Waals surface area contributed by atoms with Crippen LogP contribution in [0.15, 0.2) is 18.5 Å². The van der Waals surface area contributed by atoms with Crippen LogP contribution in [-0.4, -0.2) is 17.7 Å². The standard InChI is InChI=1S/C10H18N2/c1-3-11-7-4-5-10-6-8-12(2)9-10/h6,8-9,11H,3-5,7H2,1-2H3. The summed E-state index contributed by atoms with van der Waals surface area (Å²) >= 11 is 0. The predicted molar refractivity (Wildman–Crippen MR) is 52.3 cm³/mol. The van der Waals surface area contributed by atoms with E-state index in [2.05, 4.69) is 42.3 Å². The van der Waals surface area contributed by atoms with E-state index in [1.54, 1.807) is 0 Å². The van der Waals surface area contributed by atoms with Gasteiger partial charge in [0.1, 0.15) is 0 Å². The van der Waals surface area contributed by atoms with Crippen molar-refractivity contribution in [2.24, 2.45) is 7.05 Å². The van der Waals surface area contributed by atoms with Crippen LogP contribution in [0.4, 0.5) is 0 Å². The van der Waals surface area contributed by atoms with Gasteiger partial charge in [-0.05, 0) is 37.6 Å². The molecule has 0 radical (unpaired) electrons. The number of nitrogens with zero attached hydrogens (tertiary/aromatic N) is 1. The first-order valence-electron chi connectivity index (χ1n) is 4.64. The molecule has 0 unspecified atom stereocenters. The molecular formula is C10H18N2. The third kappa shape index (κ3) is 3.09. The number of hydrogen-bond acceptors (Lipinski definition) is 1. The molecule has 0 aliphatic heterocycles. The summed E-state index contributed by atoms with van der Waals surface area (Å²) in [5.74, 6) is 0. The van der Waals surface area contributed by atoms with E-state index >= 15 is 0 Å². The van der Waals surface area contributed by atoms with Gasteiger partial charge in [0, 0.05) is 19.4 Å². The van der Waals surface area contributed by atoms with Gasteiger partial charge in [-0.25, -0.2) is 0 Å². The van der Waals surface area contributed by atoms with Crippen molar-refractivity contribution in [3.8, 4) is 0 Å². The van der Waals surface area contributed by atoms with Gasteiger partial charge in [-0.2, -0.15) is 0 Å². The Balaban J connectivity index is 2.15. The molecule has 1 aromatic heterocycles. The number of nitrogens with one attached hydrogen (secondary N) is 1. The second kappa shape index (κ2) is 4.99. The monoisotopic (exact) mass is 166 g/mol. The highest BCUT2D eigenvalue weighted by atomic mass is 14.9. The van der Waals surface area contributed by atoms with Crippen molar-refractivity contribution in [2.45, 2.75) is 19.8 Å². The zero-order chi connectivity index (χ0) is 8.81. The lowest BCUT2D eigenvalue weighted by Gasteiger charge is -1.99. The van der Waals surface area contributed by atoms with Gasteiger partial charge in [-0.1, -0.05) is 6.92 Å². The van der Waals surface area contributed by atoms with Gasteiger partial charge in [-0.3, -0.25) is 0 Å². The minimum Gasteiger partial charge on any atom is -0.357 e. The summed E-state index contributed by atoms with van der Waals surface area (Å²) in [6.07, 6.45) is 6.71. The van der Waals surface area contributed by atoms with Gasteiger partial charge in [0.25, 0.3) is 0 Å². The molecule has 0 spiro atoms. The molecule has 0 fully saturated rings. The van der Waals surface area contributed by atoms with Crippen LogP contribution in [0.3, 0.4) is 0 Å². The van der Waals surface area contributed by atoms with Crippen molar-refractivity contribution in [3.05, 3.63) is 24.0 Å². The Morgan fingerprint density at radius 2 is 2.33 bits per heavy atom. The Bertz CT molecular complexity index is 215. The van der Waals surface area contributed by atoms with Gasteiger partial charge < -0.3 is 9.88 Å². The Morgan fingerprint density at radius 3 is 2.92 bits per heavy atom. The van der Waals surface area contributed by atoms with Gasteiger partial charge in [-0.15, -0.1) is 0 Å². The second-order valence-electron chi connectivity index (χ2n) is 3.14. The second-order valence-corrected chi connectivity index (χ2v) is 3.14. The van der Waals surface area contributed by atoms with Crippen LogP contribution in [-0.2, 0) is 13.5 Å². The Hall–Kier alpha value is -0.760. The molecule has 0 aliphatic rings. The maximum atomic E-state index is 3.32. The maximum absolute atomic E-state index is 3.32. The average molecular weight is 166 g/mol. The lowest BCUT2D eigenvalue weighted by atomic mass is 10.2. The van der Waals surface area contributed by atoms with Crippen LogP contribution in [0.5, 0.6) is 0 Å². The maximum Gasteiger partial charge on any atom is 0.0106 e. The average Bonchev–Trinajstić information content (AvgIpc) is 2.45. The first-order chi connectivity index (χ1) is 5.83. The summed E-state index contributed by atoms with van der Waals surface area (Å²) in [6.45, 7) is 4.35. The van der Waals surface area contributed by atoms with Crippen LogP contribution in [0.2, 0.25) is 0 Å². The van der Waals surface area contributed by atoms with Crippen molar-refractivity contribution in [1.29, 1.82) is 0 Å². The van der Waals surface area contributed by atoms with Gasteiger partial charge in [0.2, 0.25) is 0 Å². The van der Waals surface area contributed by atoms with E-state index in [0.29, 0.717) is 0 Å². The van der Waals surface area contributed by atoms with E-state index in [1.807, 2.05) is 0 Å². The van der Waals surface area contributed by atoms with Gasteiger partial charge >= 0.3 is 0 Å². The fraction of sp³-hybridized carbons (Fsp3) is 0.600. The molecule has 1 aromatic rings. The molecule has 12 heavy (non-hydrogen) atoms. The van der Waals surface area contributed by atoms with Crippen LogP contribution >= 0.6 is 0 Å². The number of aromatic nitrogens is 1. The van der Waals surface area contributed by atoms with E-state index in [-0.39, 0.29) is 0 Å². The van der Waals surface area contributed by atoms with Crippen LogP contribution < -0.4 is 5.32 Å². The zero-order valence-corrected chi connectivity index (χ0v) is 8.01. The molecule has 0 saturated carbocycles. The Labute approximate surface area is 74.6 Å². The van der Waals surface area contributed by atoms with Crippen molar-refractivity contribution >= 4 is 0 Å². The summed E-state index contributed by atoms with van der Waals surface area (Å²) in [5.41, 5.74) is 1.44. The molecule has 0 saturated heterocycles. The molecule has 1 heterocycles. The highest BCUT2D eigenvalue weighted by Crippen LogP contribution is 2.02. The smallest absolute Gasteiger partial charge is 0.0106 e. The first kappa shape index (κ1) is 9.33. The minimum absolute atomic E-state index is 1.08. The molecule has 68 valence electrons. The number of rotatable bonds is 5. The highest BCUT2D eigenvalue weighted by molar-refractivity contribution is 5.09. The minimum atomic E-state index is 1.08. The van der Waals surface area contributed by atoms with E-state index in [9.17, 15) is 0 Å². The highest BCUT2D eigenvalue weighted by Gasteiger charge is 1.93. The summed E-state index contributed by atoms with van der Waals surface area (Å²) in [6, 6.07) is 2.19. The third-order valence-electron chi connectivity index (χ3n) is 1.96. The van der Waals surface area contributed by atoms with E-state index in [0.717, 1.165) is 13.1 Å². The first-order valence-corrected chi connectivity index (χ1v) is 4.64. The van der Waals surface area contributed by atoms with Crippen LogP contribution in [0, 0.1) is 0 Å². The summed E-state index contributed by atoms with van der Waals surface area (Å²) in [4.78, 5) is 0. The Morgan fingerprint density at radius 1 is 1.50 bits per heavy atom. The molecule has 0 atom stereocenters. The topological polar surface area (TPSA) is 17.0 Å². The fourth-order valence-corrected chi connectivity index (χ4v) is 1.30. The van der Waals surface area contributed by atoms with Crippen LogP contribution in [0.25, 0.3) is 0 Å². The molecule has 0 aliphatic carbocycles. The molecular weight excluding hydrogens is 148 g/mol.